The van der Waals surface area contributed by atoms with Gasteiger partial charge >= 0.3 is 0 Å². The summed E-state index contributed by atoms with van der Waals surface area (Å²) in [6.45, 7) is 2.04. The predicted octanol–water partition coefficient (Wildman–Crippen LogP) is 1.43. The molecule has 6 nitrogen and oxygen atoms in total. The van der Waals surface area contributed by atoms with Gasteiger partial charge in [-0.3, -0.25) is 4.79 Å². The molecule has 0 bridgehead atoms. The first-order valence-electron chi connectivity index (χ1n) is 5.60. The zero-order valence-electron chi connectivity index (χ0n) is 9.92. The lowest BCUT2D eigenvalue weighted by molar-refractivity contribution is 0.0927. The monoisotopic (exact) mass is 250 g/mol. The third-order valence-corrected chi connectivity index (χ3v) is 2.44. The number of nitrogens with one attached hydrogen (secondary N) is 1. The fourth-order valence-electron chi connectivity index (χ4n) is 1.51. The Kier molecular flexibility index (Phi) is 3.78. The predicted molar refractivity (Wildman–Crippen MR) is 61.9 cm³/mol. The average Bonchev–Trinajstić information content (AvgIpc) is 2.99. The molecule has 0 unspecified atom stereocenters. The van der Waals surface area contributed by atoms with Crippen molar-refractivity contribution < 1.29 is 18.8 Å². The second-order valence-electron chi connectivity index (χ2n) is 3.90. The molecule has 96 valence electrons. The van der Waals surface area contributed by atoms with Gasteiger partial charge in [-0.1, -0.05) is 5.16 Å². The van der Waals surface area contributed by atoms with E-state index in [4.69, 9.17) is 8.94 Å². The van der Waals surface area contributed by atoms with Crippen molar-refractivity contribution in [3.8, 4) is 0 Å². The van der Waals surface area contributed by atoms with Crippen molar-refractivity contribution in [3.63, 3.8) is 0 Å². The summed E-state index contributed by atoms with van der Waals surface area (Å²) in [6.07, 6.45) is 1.14. The first-order valence-corrected chi connectivity index (χ1v) is 5.60. The molecule has 0 radical (unpaired) electrons. The first kappa shape index (κ1) is 12.4. The summed E-state index contributed by atoms with van der Waals surface area (Å²) < 4.78 is 9.85. The maximum atomic E-state index is 11.6. The van der Waals surface area contributed by atoms with Crippen LogP contribution in [0.25, 0.3) is 0 Å². The number of aliphatic hydroxyl groups is 1. The van der Waals surface area contributed by atoms with Gasteiger partial charge in [-0.25, -0.2) is 0 Å². The molecule has 0 aliphatic heterocycles. The van der Waals surface area contributed by atoms with Crippen LogP contribution < -0.4 is 5.32 Å². The van der Waals surface area contributed by atoms with Crippen LogP contribution in [0, 0.1) is 6.92 Å². The zero-order valence-corrected chi connectivity index (χ0v) is 9.92. The zero-order chi connectivity index (χ0) is 13.0. The third-order valence-electron chi connectivity index (χ3n) is 2.44. The minimum atomic E-state index is -0.723. The number of amides is 1. The van der Waals surface area contributed by atoms with Crippen LogP contribution in [-0.4, -0.2) is 22.7 Å². The van der Waals surface area contributed by atoms with Gasteiger partial charge in [0.2, 0.25) is 0 Å². The summed E-state index contributed by atoms with van der Waals surface area (Å²) >= 11 is 0. The molecule has 2 rings (SSSR count). The molecule has 2 aromatic rings. The first-order chi connectivity index (χ1) is 8.66. The molecule has 0 fully saturated rings. The highest BCUT2D eigenvalue weighted by Crippen LogP contribution is 2.15. The lowest BCUT2D eigenvalue weighted by Gasteiger charge is -2.07. The van der Waals surface area contributed by atoms with Crippen molar-refractivity contribution in [2.45, 2.75) is 19.4 Å². The molecule has 0 spiro atoms. The Hall–Kier alpha value is -2.08. The Labute approximate surface area is 104 Å². The van der Waals surface area contributed by atoms with Gasteiger partial charge in [0.25, 0.3) is 5.91 Å². The van der Waals surface area contributed by atoms with E-state index in [1.54, 1.807) is 25.1 Å². The summed E-state index contributed by atoms with van der Waals surface area (Å²) in [6, 6.07) is 4.95. The number of hydrogen-bond acceptors (Lipinski definition) is 5. The maximum Gasteiger partial charge on any atom is 0.273 e. The summed E-state index contributed by atoms with van der Waals surface area (Å²) in [4.78, 5) is 11.6. The molecule has 18 heavy (non-hydrogen) atoms. The van der Waals surface area contributed by atoms with Crippen LogP contribution in [0.2, 0.25) is 0 Å². The van der Waals surface area contributed by atoms with E-state index in [-0.39, 0.29) is 11.6 Å². The van der Waals surface area contributed by atoms with Crippen molar-refractivity contribution in [1.82, 2.24) is 10.5 Å². The lowest BCUT2D eigenvalue weighted by atomic mass is 10.2. The summed E-state index contributed by atoms with van der Waals surface area (Å²) in [5.74, 6) is 0.746. The Morgan fingerprint density at radius 2 is 2.44 bits per heavy atom. The number of rotatable bonds is 5. The second kappa shape index (κ2) is 5.50. The van der Waals surface area contributed by atoms with Crippen molar-refractivity contribution in [2.24, 2.45) is 0 Å². The van der Waals surface area contributed by atoms with Crippen LogP contribution in [0.3, 0.4) is 0 Å². The second-order valence-corrected chi connectivity index (χ2v) is 3.90. The third kappa shape index (κ3) is 2.98. The Morgan fingerprint density at radius 3 is 3.06 bits per heavy atom. The Bertz CT molecular complexity index is 504. The summed E-state index contributed by atoms with van der Waals surface area (Å²) in [7, 11) is 0. The van der Waals surface area contributed by atoms with E-state index in [0.717, 1.165) is 0 Å². The van der Waals surface area contributed by atoms with E-state index < -0.39 is 6.10 Å². The molecule has 0 aliphatic rings. The summed E-state index contributed by atoms with van der Waals surface area (Å²) in [5, 5.41) is 16.0. The number of carbonyl (C=O) groups excluding carboxylic acids is 1. The molecule has 0 aromatic carbocycles. The topological polar surface area (TPSA) is 88.5 Å². The van der Waals surface area contributed by atoms with Crippen molar-refractivity contribution >= 4 is 5.91 Å². The van der Waals surface area contributed by atoms with E-state index >= 15 is 0 Å². The quantitative estimate of drug-likeness (QED) is 0.838. The number of carbonyl (C=O) groups is 1. The molecule has 6 heteroatoms. The molecular weight excluding hydrogens is 236 g/mol. The van der Waals surface area contributed by atoms with Crippen LogP contribution in [0.15, 0.2) is 33.4 Å². The minimum Gasteiger partial charge on any atom is -0.467 e. The van der Waals surface area contributed by atoms with Crippen molar-refractivity contribution in [2.75, 3.05) is 6.54 Å². The van der Waals surface area contributed by atoms with Crippen LogP contribution in [-0.2, 0) is 0 Å². The number of aromatic nitrogens is 1. The highest BCUT2D eigenvalue weighted by atomic mass is 16.5. The van der Waals surface area contributed by atoms with Gasteiger partial charge < -0.3 is 19.4 Å². The fraction of sp³-hybridized carbons (Fsp3) is 0.333. The van der Waals surface area contributed by atoms with E-state index in [1.165, 1.54) is 6.26 Å². The largest absolute Gasteiger partial charge is 0.467 e. The Balaban J connectivity index is 1.77. The molecule has 1 amide bonds. The lowest BCUT2D eigenvalue weighted by Crippen LogP contribution is -2.25. The van der Waals surface area contributed by atoms with Gasteiger partial charge in [-0.2, -0.15) is 0 Å². The molecular formula is C12H14N2O4. The van der Waals surface area contributed by atoms with Gasteiger partial charge in [0.05, 0.1) is 6.26 Å². The van der Waals surface area contributed by atoms with Gasteiger partial charge in [0, 0.05) is 12.6 Å². The van der Waals surface area contributed by atoms with Gasteiger partial charge in [0.1, 0.15) is 17.6 Å². The van der Waals surface area contributed by atoms with Gasteiger partial charge in [-0.15, -0.1) is 0 Å². The average molecular weight is 250 g/mol. The van der Waals surface area contributed by atoms with Crippen molar-refractivity contribution in [1.29, 1.82) is 0 Å². The van der Waals surface area contributed by atoms with E-state index in [1.807, 2.05) is 0 Å². The highest BCUT2D eigenvalue weighted by molar-refractivity contribution is 5.92. The summed E-state index contributed by atoms with van der Waals surface area (Å²) in [5.41, 5.74) is 0.236. The normalized spacial score (nSPS) is 12.3. The number of aliphatic hydroxyl groups excluding tert-OH is 1. The van der Waals surface area contributed by atoms with Gasteiger partial charge in [0.15, 0.2) is 5.69 Å². The van der Waals surface area contributed by atoms with Crippen LogP contribution in [0.5, 0.6) is 0 Å². The van der Waals surface area contributed by atoms with Crippen molar-refractivity contribution in [3.05, 3.63) is 41.7 Å². The fourth-order valence-corrected chi connectivity index (χ4v) is 1.51. The molecule has 2 heterocycles. The Morgan fingerprint density at radius 1 is 1.61 bits per heavy atom. The van der Waals surface area contributed by atoms with E-state index in [9.17, 15) is 9.90 Å². The van der Waals surface area contributed by atoms with E-state index in [0.29, 0.717) is 24.5 Å². The SMILES string of the molecule is Cc1cc(C(=O)NCC[C@@H](O)c2ccco2)no1. The maximum absolute atomic E-state index is 11.6. The number of aryl methyl sites for hydroxylation is 1. The van der Waals surface area contributed by atoms with Crippen LogP contribution >= 0.6 is 0 Å². The standard InChI is InChI=1S/C12H14N2O4/c1-8-7-9(14-18-8)12(16)13-5-4-10(15)11-3-2-6-17-11/h2-3,6-7,10,15H,4-5H2,1H3,(H,13,16)/t10-/m1/s1. The molecule has 0 saturated carbocycles. The van der Waals surface area contributed by atoms with E-state index in [2.05, 4.69) is 10.5 Å². The highest BCUT2D eigenvalue weighted by Gasteiger charge is 2.13. The number of nitrogens with zero attached hydrogens (tertiary/aromatic N) is 1. The molecule has 0 aliphatic carbocycles. The molecule has 1 atom stereocenters. The molecule has 2 aromatic heterocycles. The van der Waals surface area contributed by atoms with Crippen LogP contribution in [0.1, 0.15) is 34.5 Å². The smallest absolute Gasteiger partial charge is 0.273 e. The number of hydrogen-bond donors (Lipinski definition) is 2. The molecule has 0 saturated heterocycles. The molecule has 2 N–H and O–H groups in total. The van der Waals surface area contributed by atoms with Gasteiger partial charge in [-0.05, 0) is 25.5 Å². The number of furan rings is 1. The van der Waals surface area contributed by atoms with Crippen LogP contribution in [0.4, 0.5) is 0 Å². The minimum absolute atomic E-state index is 0.236.